The average Bonchev–Trinajstić information content (AvgIpc) is 3.02. The van der Waals surface area contributed by atoms with E-state index in [1.807, 2.05) is 54.6 Å². The van der Waals surface area contributed by atoms with Crippen LogP contribution in [-0.2, 0) is 32.6 Å². The fourth-order valence-corrected chi connectivity index (χ4v) is 6.51. The molecule has 0 fully saturated rings. The lowest BCUT2D eigenvalue weighted by Crippen LogP contribution is -2.53. The molecule has 0 heterocycles. The van der Waals surface area contributed by atoms with Crippen LogP contribution >= 0.6 is 27.5 Å². The lowest BCUT2D eigenvalue weighted by atomic mass is 10.0. The summed E-state index contributed by atoms with van der Waals surface area (Å²) in [6, 6.07) is 28.1. The summed E-state index contributed by atoms with van der Waals surface area (Å²) in [6.45, 7) is -0.516. The third-order valence-corrected chi connectivity index (χ3v) is 9.43. The molecule has 0 aromatic heterocycles. The van der Waals surface area contributed by atoms with Crippen LogP contribution in [0.15, 0.2) is 112 Å². The zero-order chi connectivity index (χ0) is 31.0. The second-order valence-electron chi connectivity index (χ2n) is 9.61. The van der Waals surface area contributed by atoms with Crippen LogP contribution < -0.4 is 14.4 Å². The first-order chi connectivity index (χ1) is 20.6. The molecule has 0 saturated carbocycles. The fraction of sp³-hybridized carbons (Fsp3) is 0.188. The quantitative estimate of drug-likeness (QED) is 0.207. The Balaban J connectivity index is 1.80. The molecule has 4 rings (SSSR count). The number of benzene rings is 4. The van der Waals surface area contributed by atoms with Gasteiger partial charge >= 0.3 is 0 Å². The predicted octanol–water partition coefficient (Wildman–Crippen LogP) is 5.69. The highest BCUT2D eigenvalue weighted by Gasteiger charge is 2.34. The summed E-state index contributed by atoms with van der Waals surface area (Å²) in [6.07, 6.45) is 0.225. The Hall–Kier alpha value is -3.86. The molecule has 1 atom stereocenters. The molecule has 8 nitrogen and oxygen atoms in total. The van der Waals surface area contributed by atoms with E-state index in [-0.39, 0.29) is 34.5 Å². The number of hydrogen-bond acceptors (Lipinski definition) is 5. The van der Waals surface area contributed by atoms with Gasteiger partial charge in [0, 0.05) is 24.5 Å². The maximum atomic E-state index is 14.3. The molecule has 224 valence electrons. The third-order valence-electron chi connectivity index (χ3n) is 6.82. The smallest absolute Gasteiger partial charge is 0.264 e. The molecule has 1 N–H and O–H groups in total. The molecule has 0 bridgehead atoms. The number of carbonyl (C=O) groups is 2. The second kappa shape index (κ2) is 14.5. The van der Waals surface area contributed by atoms with Gasteiger partial charge in [-0.2, -0.15) is 0 Å². The lowest BCUT2D eigenvalue weighted by molar-refractivity contribution is -0.139. The van der Waals surface area contributed by atoms with Gasteiger partial charge in [0.1, 0.15) is 18.3 Å². The first-order valence-corrected chi connectivity index (χ1v) is 16.0. The number of nitrogens with one attached hydrogen (secondary N) is 1. The number of methoxy groups -OCH3 is 1. The van der Waals surface area contributed by atoms with Gasteiger partial charge in [-0.1, -0.05) is 88.2 Å². The topological polar surface area (TPSA) is 96.0 Å². The molecule has 0 aliphatic rings. The van der Waals surface area contributed by atoms with E-state index in [1.165, 1.54) is 49.4 Å². The third kappa shape index (κ3) is 7.95. The monoisotopic (exact) mass is 683 g/mol. The number of amides is 2. The summed E-state index contributed by atoms with van der Waals surface area (Å²) in [7, 11) is -1.27. The van der Waals surface area contributed by atoms with Crippen molar-refractivity contribution < 1.29 is 22.7 Å². The number of halogens is 2. The van der Waals surface area contributed by atoms with E-state index in [9.17, 15) is 18.0 Å². The summed E-state index contributed by atoms with van der Waals surface area (Å²) < 4.78 is 35.1. The molecular formula is C32H31BrClN3O5S. The van der Waals surface area contributed by atoms with Gasteiger partial charge in [0.15, 0.2) is 0 Å². The normalized spacial score (nSPS) is 11.8. The Kier molecular flexibility index (Phi) is 10.8. The summed E-state index contributed by atoms with van der Waals surface area (Å²) in [5.41, 5.74) is 1.79. The van der Waals surface area contributed by atoms with Crippen LogP contribution in [0.25, 0.3) is 0 Å². The molecule has 0 aliphatic carbocycles. The standard InChI is InChI=1S/C32H31BrClN3O5S/c1-35-32(39)29(19-23-9-5-3-6-10-23)36(21-24-13-15-25(33)16-14-24)31(38)22-37(26-17-18-30(42-2)28(34)20-26)43(40,41)27-11-7-4-8-12-27/h3-18,20,29H,19,21-22H2,1-2H3,(H,35,39)/t29-/m1/s1. The second-order valence-corrected chi connectivity index (χ2v) is 12.8. The van der Waals surface area contributed by atoms with E-state index in [1.54, 1.807) is 18.2 Å². The fourth-order valence-electron chi connectivity index (χ4n) is 4.57. The first-order valence-electron chi connectivity index (χ1n) is 13.3. The van der Waals surface area contributed by atoms with Gasteiger partial charge in [-0.3, -0.25) is 13.9 Å². The van der Waals surface area contributed by atoms with Crippen LogP contribution in [0, 0.1) is 0 Å². The first kappa shape index (κ1) is 32.1. The van der Waals surface area contributed by atoms with Crippen molar-refractivity contribution in [3.63, 3.8) is 0 Å². The van der Waals surface area contributed by atoms with Crippen molar-refractivity contribution in [1.29, 1.82) is 0 Å². The predicted molar refractivity (Wildman–Crippen MR) is 172 cm³/mol. The summed E-state index contributed by atoms with van der Waals surface area (Å²) in [5.74, 6) is -0.591. The molecule has 43 heavy (non-hydrogen) atoms. The molecule has 0 unspecified atom stereocenters. The number of hydrogen-bond donors (Lipinski definition) is 1. The Morgan fingerprint density at radius 2 is 1.53 bits per heavy atom. The molecule has 0 spiro atoms. The van der Waals surface area contributed by atoms with Gasteiger partial charge in [-0.05, 0) is 53.6 Å². The average molecular weight is 685 g/mol. The van der Waals surface area contributed by atoms with E-state index in [4.69, 9.17) is 16.3 Å². The minimum atomic E-state index is -4.23. The molecule has 4 aromatic carbocycles. The van der Waals surface area contributed by atoms with Crippen molar-refractivity contribution in [1.82, 2.24) is 10.2 Å². The Bertz CT molecular complexity index is 1660. The van der Waals surface area contributed by atoms with E-state index in [0.717, 1.165) is 19.9 Å². The van der Waals surface area contributed by atoms with Crippen molar-refractivity contribution in [2.45, 2.75) is 23.9 Å². The van der Waals surface area contributed by atoms with Crippen LogP contribution in [-0.4, -0.2) is 51.9 Å². The number of nitrogens with zero attached hydrogens (tertiary/aromatic N) is 2. The van der Waals surface area contributed by atoms with Gasteiger partial charge in [0.05, 0.1) is 22.7 Å². The summed E-state index contributed by atoms with van der Waals surface area (Å²) >= 11 is 9.82. The molecule has 0 saturated heterocycles. The Labute approximate surface area is 265 Å². The van der Waals surface area contributed by atoms with E-state index >= 15 is 0 Å². The molecule has 11 heteroatoms. The summed E-state index contributed by atoms with van der Waals surface area (Å²) in [4.78, 5) is 29.1. The van der Waals surface area contributed by atoms with Crippen molar-refractivity contribution >= 4 is 55.1 Å². The van der Waals surface area contributed by atoms with E-state index in [2.05, 4.69) is 21.2 Å². The number of ether oxygens (including phenoxy) is 1. The van der Waals surface area contributed by atoms with Gasteiger partial charge in [-0.15, -0.1) is 0 Å². The van der Waals surface area contributed by atoms with Crippen LogP contribution in [0.2, 0.25) is 5.02 Å². The Morgan fingerprint density at radius 1 is 0.907 bits per heavy atom. The van der Waals surface area contributed by atoms with E-state index < -0.39 is 28.5 Å². The maximum Gasteiger partial charge on any atom is 0.264 e. The molecule has 4 aromatic rings. The molecular weight excluding hydrogens is 654 g/mol. The van der Waals surface area contributed by atoms with Gasteiger partial charge < -0.3 is 15.0 Å². The molecule has 0 aliphatic heterocycles. The van der Waals surface area contributed by atoms with Crippen LogP contribution in [0.1, 0.15) is 11.1 Å². The van der Waals surface area contributed by atoms with Crippen LogP contribution in [0.3, 0.4) is 0 Å². The zero-order valence-electron chi connectivity index (χ0n) is 23.6. The highest BCUT2D eigenvalue weighted by atomic mass is 79.9. The minimum Gasteiger partial charge on any atom is -0.495 e. The number of rotatable bonds is 12. The van der Waals surface area contributed by atoms with Crippen molar-refractivity contribution in [2.24, 2.45) is 0 Å². The van der Waals surface area contributed by atoms with E-state index in [0.29, 0.717) is 5.75 Å². The van der Waals surface area contributed by atoms with Crippen molar-refractivity contribution in [2.75, 3.05) is 25.0 Å². The maximum absolute atomic E-state index is 14.3. The molecule has 2 amide bonds. The number of anilines is 1. The SMILES string of the molecule is CNC(=O)[C@@H](Cc1ccccc1)N(Cc1ccc(Br)cc1)C(=O)CN(c1ccc(OC)c(Cl)c1)S(=O)(=O)c1ccccc1. The van der Waals surface area contributed by atoms with Gasteiger partial charge in [0.25, 0.3) is 10.0 Å². The van der Waals surface area contributed by atoms with Gasteiger partial charge in [0.2, 0.25) is 11.8 Å². The van der Waals surface area contributed by atoms with Crippen LogP contribution in [0.5, 0.6) is 5.75 Å². The van der Waals surface area contributed by atoms with Crippen LogP contribution in [0.4, 0.5) is 5.69 Å². The largest absolute Gasteiger partial charge is 0.495 e. The number of likely N-dealkylation sites (N-methyl/N-ethyl adjacent to an activating group) is 1. The number of carbonyl (C=O) groups excluding carboxylic acids is 2. The van der Waals surface area contributed by atoms with Crippen molar-refractivity contribution in [3.05, 3.63) is 124 Å². The molecule has 0 radical (unpaired) electrons. The zero-order valence-corrected chi connectivity index (χ0v) is 26.8. The highest BCUT2D eigenvalue weighted by Crippen LogP contribution is 2.32. The van der Waals surface area contributed by atoms with Gasteiger partial charge in [-0.25, -0.2) is 8.42 Å². The lowest BCUT2D eigenvalue weighted by Gasteiger charge is -2.33. The Morgan fingerprint density at radius 3 is 2.12 bits per heavy atom. The minimum absolute atomic E-state index is 0.00124. The van der Waals surface area contributed by atoms with Crippen molar-refractivity contribution in [3.8, 4) is 5.75 Å². The highest BCUT2D eigenvalue weighted by molar-refractivity contribution is 9.10. The number of sulfonamides is 1. The summed E-state index contributed by atoms with van der Waals surface area (Å²) in [5, 5.41) is 2.85.